The third-order valence-electron chi connectivity index (χ3n) is 1.86. The van der Waals surface area contributed by atoms with Crippen LogP contribution < -0.4 is 0 Å². The fraction of sp³-hybridized carbons (Fsp3) is 0.364. The highest BCUT2D eigenvalue weighted by molar-refractivity contribution is 5.46. The summed E-state index contributed by atoms with van der Waals surface area (Å²) in [5.74, 6) is 0. The summed E-state index contributed by atoms with van der Waals surface area (Å²) in [5.41, 5.74) is 2.17. The molecule has 1 nitrogen and oxygen atoms in total. The molecule has 1 aromatic rings. The zero-order chi connectivity index (χ0) is 9.19. The molecule has 0 bridgehead atoms. The van der Waals surface area contributed by atoms with E-state index < -0.39 is 0 Å². The molecule has 0 N–H and O–H groups in total. The fourth-order valence-corrected chi connectivity index (χ4v) is 1.04. The summed E-state index contributed by atoms with van der Waals surface area (Å²) in [6, 6.07) is 7.78. The van der Waals surface area contributed by atoms with E-state index in [9.17, 15) is 0 Å². The Bertz CT molecular complexity index is 295. The van der Waals surface area contributed by atoms with Crippen molar-refractivity contribution >= 4 is 5.69 Å². The van der Waals surface area contributed by atoms with Crippen molar-refractivity contribution in [3.8, 4) is 0 Å². The second-order valence-electron chi connectivity index (χ2n) is 3.91. The van der Waals surface area contributed by atoms with Crippen molar-refractivity contribution in [3.05, 3.63) is 41.2 Å². The highest BCUT2D eigenvalue weighted by Crippen LogP contribution is 2.24. The molecule has 0 unspecified atom stereocenters. The molecule has 0 saturated heterocycles. The van der Waals surface area contributed by atoms with Gasteiger partial charge in [-0.1, -0.05) is 45.0 Å². The monoisotopic (exact) mass is 159 g/mol. The first-order valence-electron chi connectivity index (χ1n) is 4.02. The zero-order valence-corrected chi connectivity index (χ0v) is 7.76. The Morgan fingerprint density at radius 2 is 1.58 bits per heavy atom. The minimum atomic E-state index is 0.181. The smallest absolute Gasteiger partial charge is 0.187 e. The average Bonchev–Trinajstić information content (AvgIpc) is 2.03. The Hall–Kier alpha value is -1.29. The lowest BCUT2D eigenvalue weighted by Crippen LogP contribution is -2.10. The van der Waals surface area contributed by atoms with Crippen LogP contribution in [0.5, 0.6) is 0 Å². The van der Waals surface area contributed by atoms with Gasteiger partial charge in [-0.25, -0.2) is 4.85 Å². The van der Waals surface area contributed by atoms with Crippen molar-refractivity contribution in [2.75, 3.05) is 0 Å². The quantitative estimate of drug-likeness (QED) is 0.510. The van der Waals surface area contributed by atoms with Gasteiger partial charge in [0, 0.05) is 0 Å². The third kappa shape index (κ3) is 1.85. The molecular formula is C11H13N. The number of nitrogens with zero attached hydrogens (tertiary/aromatic N) is 1. The molecule has 0 fully saturated rings. The largest absolute Gasteiger partial charge is 0.238 e. The lowest BCUT2D eigenvalue weighted by atomic mass is 9.87. The molecule has 0 atom stereocenters. The van der Waals surface area contributed by atoms with Crippen LogP contribution in [-0.4, -0.2) is 0 Å². The molecule has 1 rings (SSSR count). The molecule has 0 aliphatic carbocycles. The molecular weight excluding hydrogens is 146 g/mol. The minimum absolute atomic E-state index is 0.181. The highest BCUT2D eigenvalue weighted by Gasteiger charge is 2.12. The van der Waals surface area contributed by atoms with Crippen LogP contribution in [0.4, 0.5) is 5.69 Å². The lowest BCUT2D eigenvalue weighted by molar-refractivity contribution is 0.590. The normalized spacial score (nSPS) is 10.8. The van der Waals surface area contributed by atoms with Gasteiger partial charge in [-0.15, -0.1) is 0 Å². The Morgan fingerprint density at radius 1 is 1.08 bits per heavy atom. The van der Waals surface area contributed by atoms with E-state index in [1.165, 1.54) is 5.56 Å². The standard InChI is InChI=1S/C11H13N/c1-11(2,3)9-5-7-10(12-4)8-6-9/h5-8H,1-3H3. The van der Waals surface area contributed by atoms with Crippen LogP contribution in [0.25, 0.3) is 4.85 Å². The maximum absolute atomic E-state index is 6.80. The van der Waals surface area contributed by atoms with Gasteiger partial charge in [-0.2, -0.15) is 0 Å². The molecule has 0 saturated carbocycles. The summed E-state index contributed by atoms with van der Waals surface area (Å²) < 4.78 is 0. The molecule has 0 heterocycles. The summed E-state index contributed by atoms with van der Waals surface area (Å²) in [7, 11) is 0. The SMILES string of the molecule is [C-]#[N+]c1ccc(C(C)(C)C)cc1. The molecule has 1 heteroatoms. The number of hydrogen-bond acceptors (Lipinski definition) is 0. The van der Waals surface area contributed by atoms with E-state index in [2.05, 4.69) is 25.6 Å². The molecule has 0 amide bonds. The average molecular weight is 159 g/mol. The second kappa shape index (κ2) is 2.98. The van der Waals surface area contributed by atoms with Crippen molar-refractivity contribution in [2.24, 2.45) is 0 Å². The van der Waals surface area contributed by atoms with Crippen LogP contribution in [0.2, 0.25) is 0 Å². The topological polar surface area (TPSA) is 4.36 Å². The minimum Gasteiger partial charge on any atom is -0.238 e. The van der Waals surface area contributed by atoms with Crippen LogP contribution >= 0.6 is 0 Å². The predicted molar refractivity (Wildman–Crippen MR) is 51.4 cm³/mol. The Balaban J connectivity index is 3.02. The van der Waals surface area contributed by atoms with Crippen molar-refractivity contribution < 1.29 is 0 Å². The molecule has 12 heavy (non-hydrogen) atoms. The van der Waals surface area contributed by atoms with Crippen LogP contribution in [0.3, 0.4) is 0 Å². The molecule has 0 radical (unpaired) electrons. The van der Waals surface area contributed by atoms with Crippen LogP contribution in [0.1, 0.15) is 26.3 Å². The molecule has 0 aliphatic heterocycles. The molecule has 0 aliphatic rings. The number of benzene rings is 1. The first-order valence-corrected chi connectivity index (χ1v) is 4.02. The number of rotatable bonds is 0. The number of hydrogen-bond donors (Lipinski definition) is 0. The van der Waals surface area contributed by atoms with Gasteiger partial charge >= 0.3 is 0 Å². The van der Waals surface area contributed by atoms with E-state index in [1.807, 2.05) is 24.3 Å². The summed E-state index contributed by atoms with van der Waals surface area (Å²) in [6.45, 7) is 13.3. The molecule has 62 valence electrons. The first kappa shape index (κ1) is 8.80. The van der Waals surface area contributed by atoms with E-state index in [0.717, 1.165) is 0 Å². The van der Waals surface area contributed by atoms with Gasteiger partial charge in [0.1, 0.15) is 0 Å². The first-order chi connectivity index (χ1) is 5.54. The van der Waals surface area contributed by atoms with Gasteiger partial charge in [0.25, 0.3) is 0 Å². The summed E-state index contributed by atoms with van der Waals surface area (Å²) in [5, 5.41) is 0. The Kier molecular flexibility index (Phi) is 2.19. The van der Waals surface area contributed by atoms with Gasteiger partial charge in [-0.05, 0) is 11.0 Å². The second-order valence-corrected chi connectivity index (χ2v) is 3.91. The lowest BCUT2D eigenvalue weighted by Gasteiger charge is -2.18. The van der Waals surface area contributed by atoms with E-state index in [1.54, 1.807) is 0 Å². The molecule has 0 spiro atoms. The van der Waals surface area contributed by atoms with Gasteiger partial charge in [0.05, 0.1) is 6.57 Å². The molecule has 1 aromatic carbocycles. The van der Waals surface area contributed by atoms with Crippen molar-refractivity contribution in [1.29, 1.82) is 0 Å². The van der Waals surface area contributed by atoms with Crippen LogP contribution in [0.15, 0.2) is 24.3 Å². The van der Waals surface area contributed by atoms with E-state index >= 15 is 0 Å². The summed E-state index contributed by atoms with van der Waals surface area (Å²) >= 11 is 0. The van der Waals surface area contributed by atoms with E-state index in [0.29, 0.717) is 5.69 Å². The zero-order valence-electron chi connectivity index (χ0n) is 7.76. The van der Waals surface area contributed by atoms with Gasteiger partial charge in [0.2, 0.25) is 0 Å². The predicted octanol–water partition coefficient (Wildman–Crippen LogP) is 3.53. The van der Waals surface area contributed by atoms with Crippen molar-refractivity contribution in [1.82, 2.24) is 0 Å². The van der Waals surface area contributed by atoms with Crippen molar-refractivity contribution in [2.45, 2.75) is 26.2 Å². The van der Waals surface area contributed by atoms with Gasteiger partial charge in [0.15, 0.2) is 5.69 Å². The van der Waals surface area contributed by atoms with E-state index in [4.69, 9.17) is 6.57 Å². The van der Waals surface area contributed by atoms with Gasteiger partial charge < -0.3 is 0 Å². The third-order valence-corrected chi connectivity index (χ3v) is 1.86. The van der Waals surface area contributed by atoms with E-state index in [-0.39, 0.29) is 5.41 Å². The summed E-state index contributed by atoms with van der Waals surface area (Å²) in [4.78, 5) is 3.34. The maximum atomic E-state index is 6.80. The van der Waals surface area contributed by atoms with Crippen molar-refractivity contribution in [3.63, 3.8) is 0 Å². The summed E-state index contributed by atoms with van der Waals surface area (Å²) in [6.07, 6.45) is 0. The Labute approximate surface area is 73.9 Å². The van der Waals surface area contributed by atoms with Crippen LogP contribution in [0, 0.1) is 6.57 Å². The Morgan fingerprint density at radius 3 is 1.92 bits per heavy atom. The maximum Gasteiger partial charge on any atom is 0.187 e. The fourth-order valence-electron chi connectivity index (χ4n) is 1.04. The van der Waals surface area contributed by atoms with Crippen LogP contribution in [-0.2, 0) is 5.41 Å². The molecule has 0 aromatic heterocycles. The van der Waals surface area contributed by atoms with Gasteiger partial charge in [-0.3, -0.25) is 0 Å². The highest BCUT2D eigenvalue weighted by atomic mass is 14.6.